The molecule has 3 saturated carbocycles. The lowest BCUT2D eigenvalue weighted by atomic mass is 9.72. The van der Waals surface area contributed by atoms with E-state index in [4.69, 9.17) is 28.7 Å². The Balaban J connectivity index is 1.36. The minimum Gasteiger partial charge on any atom is -0.489 e. The molecule has 0 radical (unpaired) electrons. The Bertz CT molecular complexity index is 973. The van der Waals surface area contributed by atoms with Crippen molar-refractivity contribution in [2.24, 2.45) is 17.3 Å². The summed E-state index contributed by atoms with van der Waals surface area (Å²) in [5.41, 5.74) is -1.54. The van der Waals surface area contributed by atoms with Crippen LogP contribution in [0.1, 0.15) is 159 Å². The standard InChI is InChI=1S/C38H66O8/c1-11-36(6,7)33(39)27-13-15-28(16-14-27)34(40)43-29-17-19-31(20-18-29)45-38(10,12-2)37(8,9)41-25-26-42-46-32-23-21-30(22-24-32)44-35(3,4)5/h25-32H,11-24H2,1-10H3. The molecular formula is C38H66O8. The van der Waals surface area contributed by atoms with Gasteiger partial charge in [0.15, 0.2) is 6.26 Å². The molecule has 0 aromatic rings. The van der Waals surface area contributed by atoms with Crippen LogP contribution in [-0.4, -0.2) is 53.0 Å². The summed E-state index contributed by atoms with van der Waals surface area (Å²) in [5.74, 6) is 0.253. The number of hydrogen-bond donors (Lipinski definition) is 0. The lowest BCUT2D eigenvalue weighted by Gasteiger charge is -2.45. The Morgan fingerprint density at radius 2 is 1.11 bits per heavy atom. The second-order valence-corrected chi connectivity index (χ2v) is 16.4. The minimum atomic E-state index is -0.611. The fraction of sp³-hybridized carbons (Fsp3) is 0.895. The van der Waals surface area contributed by atoms with E-state index in [0.717, 1.165) is 89.9 Å². The third-order valence-corrected chi connectivity index (χ3v) is 11.1. The van der Waals surface area contributed by atoms with Gasteiger partial charge in [-0.1, -0.05) is 27.7 Å². The average Bonchev–Trinajstić information content (AvgIpc) is 3.01. The summed E-state index contributed by atoms with van der Waals surface area (Å²) in [6.07, 6.45) is 15.1. The number of carbonyl (C=O) groups is 2. The van der Waals surface area contributed by atoms with Gasteiger partial charge in [0, 0.05) is 11.3 Å². The lowest BCUT2D eigenvalue weighted by molar-refractivity contribution is -0.293. The van der Waals surface area contributed by atoms with Crippen molar-refractivity contribution in [1.29, 1.82) is 0 Å². The van der Waals surface area contributed by atoms with Crippen molar-refractivity contribution in [3.05, 3.63) is 12.5 Å². The van der Waals surface area contributed by atoms with E-state index in [0.29, 0.717) is 5.78 Å². The molecule has 0 heterocycles. The normalized spacial score (nSPS) is 29.6. The molecule has 0 N–H and O–H groups in total. The molecule has 8 nitrogen and oxygen atoms in total. The van der Waals surface area contributed by atoms with Crippen molar-refractivity contribution < 1.29 is 38.3 Å². The number of esters is 1. The molecule has 0 aromatic heterocycles. The summed E-state index contributed by atoms with van der Waals surface area (Å²) >= 11 is 0. The van der Waals surface area contributed by atoms with Gasteiger partial charge in [0.2, 0.25) is 0 Å². The first-order valence-corrected chi connectivity index (χ1v) is 18.2. The number of ketones is 1. The van der Waals surface area contributed by atoms with E-state index in [1.807, 2.05) is 27.7 Å². The zero-order valence-electron chi connectivity index (χ0n) is 30.8. The van der Waals surface area contributed by atoms with Gasteiger partial charge in [0.1, 0.15) is 35.5 Å². The van der Waals surface area contributed by atoms with E-state index in [2.05, 4.69) is 41.5 Å². The summed E-state index contributed by atoms with van der Waals surface area (Å²) in [6.45, 7) is 20.7. The van der Waals surface area contributed by atoms with Gasteiger partial charge in [0.25, 0.3) is 0 Å². The highest BCUT2D eigenvalue weighted by Crippen LogP contribution is 2.39. The summed E-state index contributed by atoms with van der Waals surface area (Å²) in [6, 6.07) is 0. The molecule has 0 aliphatic heterocycles. The smallest absolute Gasteiger partial charge is 0.309 e. The molecule has 0 amide bonds. The fourth-order valence-corrected chi connectivity index (χ4v) is 7.07. The SMILES string of the molecule is CCC(C)(C)C(=O)C1CCC(C(=O)OC2CCC(OC(C)(CC)C(C)(C)OC=COOC3CCC(OC(C)(C)C)CC3)CC2)CC1. The third-order valence-electron chi connectivity index (χ3n) is 11.1. The second kappa shape index (κ2) is 16.6. The van der Waals surface area contributed by atoms with Crippen LogP contribution in [0.2, 0.25) is 0 Å². The van der Waals surface area contributed by atoms with E-state index < -0.39 is 11.2 Å². The van der Waals surface area contributed by atoms with Crippen molar-refractivity contribution >= 4 is 11.8 Å². The predicted molar refractivity (Wildman–Crippen MR) is 180 cm³/mol. The Hall–Kier alpha value is -1.64. The van der Waals surface area contributed by atoms with Crippen LogP contribution in [-0.2, 0) is 38.3 Å². The molecular weight excluding hydrogens is 584 g/mol. The van der Waals surface area contributed by atoms with Crippen molar-refractivity contribution in [3.8, 4) is 0 Å². The number of hydrogen-bond acceptors (Lipinski definition) is 8. The first kappa shape index (κ1) is 38.8. The molecule has 46 heavy (non-hydrogen) atoms. The lowest BCUT2D eigenvalue weighted by Crippen LogP contribution is -2.52. The maximum Gasteiger partial charge on any atom is 0.309 e. The number of Topliss-reactive ketones (excluding diaryl/α,β-unsaturated/α-hetero) is 1. The van der Waals surface area contributed by atoms with E-state index >= 15 is 0 Å². The van der Waals surface area contributed by atoms with Crippen molar-refractivity contribution in [3.63, 3.8) is 0 Å². The molecule has 3 aliphatic carbocycles. The molecule has 1 atom stereocenters. The predicted octanol–water partition coefficient (Wildman–Crippen LogP) is 9.18. The topological polar surface area (TPSA) is 89.5 Å². The summed E-state index contributed by atoms with van der Waals surface area (Å²) in [7, 11) is 0. The number of carbonyl (C=O) groups excluding carboxylic acids is 2. The van der Waals surface area contributed by atoms with E-state index in [-0.39, 0.29) is 53.2 Å². The molecule has 3 fully saturated rings. The van der Waals surface area contributed by atoms with Crippen LogP contribution in [0.4, 0.5) is 0 Å². The van der Waals surface area contributed by atoms with Gasteiger partial charge >= 0.3 is 5.97 Å². The second-order valence-electron chi connectivity index (χ2n) is 16.4. The first-order chi connectivity index (χ1) is 21.5. The maximum absolute atomic E-state index is 13.0. The Labute approximate surface area is 279 Å². The molecule has 8 heteroatoms. The largest absolute Gasteiger partial charge is 0.489 e. The third kappa shape index (κ3) is 11.2. The number of ether oxygens (including phenoxy) is 4. The van der Waals surface area contributed by atoms with Gasteiger partial charge in [-0.15, -0.1) is 0 Å². The molecule has 0 saturated heterocycles. The molecule has 0 bridgehead atoms. The van der Waals surface area contributed by atoms with Gasteiger partial charge in [-0.3, -0.25) is 9.59 Å². The highest BCUT2D eigenvalue weighted by Gasteiger charge is 2.45. The Kier molecular flexibility index (Phi) is 14.0. The van der Waals surface area contributed by atoms with Gasteiger partial charge in [-0.2, -0.15) is 4.89 Å². The van der Waals surface area contributed by atoms with Crippen LogP contribution in [0.25, 0.3) is 0 Å². The van der Waals surface area contributed by atoms with Gasteiger partial charge < -0.3 is 23.8 Å². The van der Waals surface area contributed by atoms with Crippen molar-refractivity contribution in [2.45, 2.75) is 200 Å². The molecule has 0 aromatic carbocycles. The maximum atomic E-state index is 13.0. The van der Waals surface area contributed by atoms with Crippen molar-refractivity contribution in [2.75, 3.05) is 0 Å². The average molecular weight is 651 g/mol. The van der Waals surface area contributed by atoms with E-state index in [9.17, 15) is 9.59 Å². The first-order valence-electron chi connectivity index (χ1n) is 18.2. The van der Waals surface area contributed by atoms with Gasteiger partial charge in [-0.25, -0.2) is 0 Å². The summed E-state index contributed by atoms with van der Waals surface area (Å²) in [5, 5.41) is 0. The zero-order valence-corrected chi connectivity index (χ0v) is 30.8. The van der Waals surface area contributed by atoms with Crippen molar-refractivity contribution in [1.82, 2.24) is 0 Å². The van der Waals surface area contributed by atoms with Crippen LogP contribution in [0.5, 0.6) is 0 Å². The van der Waals surface area contributed by atoms with Crippen LogP contribution < -0.4 is 0 Å². The van der Waals surface area contributed by atoms with Crippen LogP contribution in [0.15, 0.2) is 12.5 Å². The fourth-order valence-electron chi connectivity index (χ4n) is 7.07. The highest BCUT2D eigenvalue weighted by molar-refractivity contribution is 5.86. The van der Waals surface area contributed by atoms with Gasteiger partial charge in [0.05, 0.1) is 23.7 Å². The van der Waals surface area contributed by atoms with Crippen LogP contribution in [0, 0.1) is 17.3 Å². The Morgan fingerprint density at radius 3 is 1.63 bits per heavy atom. The molecule has 266 valence electrons. The van der Waals surface area contributed by atoms with Gasteiger partial charge in [-0.05, 0) is 131 Å². The number of rotatable bonds is 15. The van der Waals surface area contributed by atoms with Crippen LogP contribution >= 0.6 is 0 Å². The quantitative estimate of drug-likeness (QED) is 0.0750. The summed E-state index contributed by atoms with van der Waals surface area (Å²) < 4.78 is 25.0. The molecule has 3 rings (SSSR count). The van der Waals surface area contributed by atoms with Crippen LogP contribution in [0.3, 0.4) is 0 Å². The van der Waals surface area contributed by atoms with E-state index in [1.165, 1.54) is 6.26 Å². The summed E-state index contributed by atoms with van der Waals surface area (Å²) in [4.78, 5) is 36.9. The molecule has 0 spiro atoms. The molecule has 3 aliphatic rings. The molecule has 1 unspecified atom stereocenters. The monoisotopic (exact) mass is 650 g/mol. The highest BCUT2D eigenvalue weighted by atomic mass is 17.2. The zero-order chi connectivity index (χ0) is 34.2. The van der Waals surface area contributed by atoms with E-state index in [1.54, 1.807) is 6.26 Å². The Morgan fingerprint density at radius 1 is 0.609 bits per heavy atom. The minimum absolute atomic E-state index is 0.0556.